The molecule has 1 rings (SSSR count). The van der Waals surface area contributed by atoms with E-state index >= 15 is 0 Å². The van der Waals surface area contributed by atoms with Gasteiger partial charge in [0.25, 0.3) is 0 Å². The molecule has 0 aromatic rings. The largest absolute Gasteiger partial charge is 0.382 e. The van der Waals surface area contributed by atoms with Crippen molar-refractivity contribution in [3.63, 3.8) is 0 Å². The average Bonchev–Trinajstić information content (AvgIpc) is 2.59. The fourth-order valence-electron chi connectivity index (χ4n) is 1.69. The zero-order valence-corrected chi connectivity index (χ0v) is 8.99. The number of amides is 1. The van der Waals surface area contributed by atoms with Gasteiger partial charge in [0.2, 0.25) is 5.91 Å². The maximum Gasteiger partial charge on any atom is 0.248 e. The van der Waals surface area contributed by atoms with Crippen LogP contribution in [0.25, 0.3) is 0 Å². The third kappa shape index (κ3) is 3.27. The quantitative estimate of drug-likeness (QED) is 0.613. The second-order valence-electron chi connectivity index (χ2n) is 3.62. The van der Waals surface area contributed by atoms with E-state index < -0.39 is 0 Å². The summed E-state index contributed by atoms with van der Waals surface area (Å²) in [4.78, 5) is 13.5. The molecule has 0 radical (unpaired) electrons. The third-order valence-corrected chi connectivity index (χ3v) is 2.53. The van der Waals surface area contributed by atoms with Gasteiger partial charge >= 0.3 is 0 Å². The molecule has 0 aromatic heterocycles. The first kappa shape index (κ1) is 11.5. The molecular weight excluding hydrogens is 182 g/mol. The molecule has 1 heterocycles. The van der Waals surface area contributed by atoms with Crippen molar-refractivity contribution in [2.75, 3.05) is 33.5 Å². The maximum absolute atomic E-state index is 11.6. The molecule has 0 aliphatic carbocycles. The number of likely N-dealkylation sites (tertiary alicyclic amines) is 1. The number of nitrogens with zero attached hydrogens (tertiary/aromatic N) is 1. The summed E-state index contributed by atoms with van der Waals surface area (Å²) in [6.07, 6.45) is 2.23. The Labute approximate surface area is 85.2 Å². The highest BCUT2D eigenvalue weighted by atomic mass is 16.5. The van der Waals surface area contributed by atoms with E-state index in [1.54, 1.807) is 7.11 Å². The van der Waals surface area contributed by atoms with Crippen molar-refractivity contribution in [3.05, 3.63) is 0 Å². The Hall–Kier alpha value is -0.610. The molecule has 4 nitrogen and oxygen atoms in total. The van der Waals surface area contributed by atoms with Gasteiger partial charge in [-0.15, -0.1) is 0 Å². The SMILES string of the molecule is COCCOCC(=O)N1CCCC1C. The first-order valence-corrected chi connectivity index (χ1v) is 5.12. The molecule has 1 saturated heterocycles. The summed E-state index contributed by atoms with van der Waals surface area (Å²) < 4.78 is 10.0. The van der Waals surface area contributed by atoms with E-state index in [4.69, 9.17) is 9.47 Å². The zero-order chi connectivity index (χ0) is 10.4. The number of carbonyl (C=O) groups excluding carboxylic acids is 1. The summed E-state index contributed by atoms with van der Waals surface area (Å²) in [5.41, 5.74) is 0. The van der Waals surface area contributed by atoms with E-state index in [-0.39, 0.29) is 12.5 Å². The highest BCUT2D eigenvalue weighted by molar-refractivity contribution is 5.78. The lowest BCUT2D eigenvalue weighted by Crippen LogP contribution is -2.36. The van der Waals surface area contributed by atoms with Crippen LogP contribution in [0.4, 0.5) is 0 Å². The average molecular weight is 201 g/mol. The Bertz CT molecular complexity index is 184. The highest BCUT2D eigenvalue weighted by Crippen LogP contribution is 2.16. The van der Waals surface area contributed by atoms with E-state index in [0.29, 0.717) is 19.3 Å². The Morgan fingerprint density at radius 3 is 2.86 bits per heavy atom. The minimum atomic E-state index is 0.103. The molecule has 1 atom stereocenters. The van der Waals surface area contributed by atoms with Crippen LogP contribution in [0.2, 0.25) is 0 Å². The molecule has 0 aromatic carbocycles. The first-order valence-electron chi connectivity index (χ1n) is 5.12. The minimum Gasteiger partial charge on any atom is -0.382 e. The molecule has 1 aliphatic heterocycles. The molecule has 1 aliphatic rings. The fraction of sp³-hybridized carbons (Fsp3) is 0.900. The number of hydrogen-bond acceptors (Lipinski definition) is 3. The summed E-state index contributed by atoms with van der Waals surface area (Å²) in [6.45, 7) is 4.19. The smallest absolute Gasteiger partial charge is 0.248 e. The lowest BCUT2D eigenvalue weighted by atomic mass is 10.2. The van der Waals surface area contributed by atoms with E-state index in [1.807, 2.05) is 4.90 Å². The van der Waals surface area contributed by atoms with E-state index in [9.17, 15) is 4.79 Å². The standard InChI is InChI=1S/C10H19NO3/c1-9-4-3-5-11(9)10(12)8-14-7-6-13-2/h9H,3-8H2,1-2H3. The molecule has 4 heteroatoms. The summed E-state index contributed by atoms with van der Waals surface area (Å²) >= 11 is 0. The van der Waals surface area contributed by atoms with Crippen LogP contribution in [0.5, 0.6) is 0 Å². The van der Waals surface area contributed by atoms with Crippen LogP contribution in [0.3, 0.4) is 0 Å². The maximum atomic E-state index is 11.6. The van der Waals surface area contributed by atoms with Gasteiger partial charge in [0, 0.05) is 19.7 Å². The minimum absolute atomic E-state index is 0.103. The molecule has 1 fully saturated rings. The normalized spacial score (nSPS) is 21.6. The van der Waals surface area contributed by atoms with Crippen LogP contribution in [0.15, 0.2) is 0 Å². The molecule has 0 saturated carbocycles. The number of carbonyl (C=O) groups is 1. The third-order valence-electron chi connectivity index (χ3n) is 2.53. The summed E-state index contributed by atoms with van der Waals surface area (Å²) in [5, 5.41) is 0. The van der Waals surface area contributed by atoms with Crippen molar-refractivity contribution in [2.24, 2.45) is 0 Å². The molecule has 1 amide bonds. The second kappa shape index (κ2) is 5.98. The van der Waals surface area contributed by atoms with Crippen molar-refractivity contribution >= 4 is 5.91 Å². The van der Waals surface area contributed by atoms with Gasteiger partial charge in [0.15, 0.2) is 0 Å². The summed E-state index contributed by atoms with van der Waals surface area (Å²) in [7, 11) is 1.62. The van der Waals surface area contributed by atoms with Gasteiger partial charge in [-0.3, -0.25) is 4.79 Å². The molecular formula is C10H19NO3. The molecule has 14 heavy (non-hydrogen) atoms. The Balaban J connectivity index is 2.14. The Morgan fingerprint density at radius 1 is 1.50 bits per heavy atom. The number of methoxy groups -OCH3 is 1. The van der Waals surface area contributed by atoms with Gasteiger partial charge in [0.1, 0.15) is 6.61 Å². The van der Waals surface area contributed by atoms with Crippen LogP contribution >= 0.6 is 0 Å². The Morgan fingerprint density at radius 2 is 2.29 bits per heavy atom. The number of hydrogen-bond donors (Lipinski definition) is 0. The predicted molar refractivity (Wildman–Crippen MR) is 53.1 cm³/mol. The van der Waals surface area contributed by atoms with Crippen LogP contribution in [0.1, 0.15) is 19.8 Å². The first-order chi connectivity index (χ1) is 6.75. The highest BCUT2D eigenvalue weighted by Gasteiger charge is 2.24. The van der Waals surface area contributed by atoms with Gasteiger partial charge in [-0.05, 0) is 19.8 Å². The molecule has 1 unspecified atom stereocenters. The number of rotatable bonds is 5. The summed E-state index contributed by atoms with van der Waals surface area (Å²) in [5.74, 6) is 0.103. The van der Waals surface area contributed by atoms with Crippen molar-refractivity contribution < 1.29 is 14.3 Å². The summed E-state index contributed by atoms with van der Waals surface area (Å²) in [6, 6.07) is 0.383. The molecule has 0 bridgehead atoms. The predicted octanol–water partition coefficient (Wildman–Crippen LogP) is 0.660. The Kier molecular flexibility index (Phi) is 4.90. The van der Waals surface area contributed by atoms with E-state index in [0.717, 1.165) is 19.4 Å². The fourth-order valence-corrected chi connectivity index (χ4v) is 1.69. The van der Waals surface area contributed by atoms with E-state index in [1.165, 1.54) is 0 Å². The van der Waals surface area contributed by atoms with Gasteiger partial charge in [-0.25, -0.2) is 0 Å². The van der Waals surface area contributed by atoms with Crippen molar-refractivity contribution in [1.82, 2.24) is 4.90 Å². The van der Waals surface area contributed by atoms with Crippen LogP contribution < -0.4 is 0 Å². The molecule has 0 spiro atoms. The van der Waals surface area contributed by atoms with Crippen molar-refractivity contribution in [1.29, 1.82) is 0 Å². The monoisotopic (exact) mass is 201 g/mol. The van der Waals surface area contributed by atoms with Crippen molar-refractivity contribution in [3.8, 4) is 0 Å². The lowest BCUT2D eigenvalue weighted by molar-refractivity contribution is -0.137. The van der Waals surface area contributed by atoms with Gasteiger partial charge in [0.05, 0.1) is 13.2 Å². The topological polar surface area (TPSA) is 38.8 Å². The molecule has 82 valence electrons. The van der Waals surface area contributed by atoms with Gasteiger partial charge in [-0.1, -0.05) is 0 Å². The van der Waals surface area contributed by atoms with Crippen LogP contribution in [-0.2, 0) is 14.3 Å². The zero-order valence-electron chi connectivity index (χ0n) is 8.99. The van der Waals surface area contributed by atoms with Gasteiger partial charge < -0.3 is 14.4 Å². The van der Waals surface area contributed by atoms with Gasteiger partial charge in [-0.2, -0.15) is 0 Å². The molecule has 0 N–H and O–H groups in total. The van der Waals surface area contributed by atoms with Crippen LogP contribution in [0, 0.1) is 0 Å². The second-order valence-corrected chi connectivity index (χ2v) is 3.62. The van der Waals surface area contributed by atoms with Crippen molar-refractivity contribution in [2.45, 2.75) is 25.8 Å². The number of ether oxygens (including phenoxy) is 2. The lowest BCUT2D eigenvalue weighted by Gasteiger charge is -2.21. The van der Waals surface area contributed by atoms with E-state index in [2.05, 4.69) is 6.92 Å². The van der Waals surface area contributed by atoms with Crippen LogP contribution in [-0.4, -0.2) is 50.3 Å².